The molecule has 2 rings (SSSR count). The second-order valence-corrected chi connectivity index (χ2v) is 7.43. The Morgan fingerprint density at radius 1 is 1.13 bits per heavy atom. The van der Waals surface area contributed by atoms with E-state index in [4.69, 9.17) is 9.73 Å². The van der Waals surface area contributed by atoms with Crippen molar-refractivity contribution >= 4 is 35.8 Å². The highest BCUT2D eigenvalue weighted by molar-refractivity contribution is 14.0. The minimum absolute atomic E-state index is 0. The Bertz CT molecular complexity index is 868. The highest BCUT2D eigenvalue weighted by Crippen LogP contribution is 2.22. The smallest absolute Gasteiger partial charge is 0.251 e. The SMILES string of the molecule is CCNC(=NCc1ccc(C)cc1OC(C)C)NCCc1cccc(C(=O)NC)c1.I. The maximum Gasteiger partial charge on any atom is 0.251 e. The summed E-state index contributed by atoms with van der Waals surface area (Å²) in [5.74, 6) is 1.57. The number of ether oxygens (including phenoxy) is 1. The van der Waals surface area contributed by atoms with Gasteiger partial charge in [0.15, 0.2) is 5.96 Å². The summed E-state index contributed by atoms with van der Waals surface area (Å²) in [6.07, 6.45) is 0.910. The van der Waals surface area contributed by atoms with E-state index in [0.717, 1.165) is 35.8 Å². The molecule has 2 aromatic carbocycles. The molecule has 0 radical (unpaired) electrons. The van der Waals surface area contributed by atoms with Crippen LogP contribution in [0.3, 0.4) is 0 Å². The number of benzene rings is 2. The van der Waals surface area contributed by atoms with E-state index in [9.17, 15) is 4.79 Å². The van der Waals surface area contributed by atoms with Crippen molar-refractivity contribution < 1.29 is 9.53 Å². The van der Waals surface area contributed by atoms with Crippen molar-refractivity contribution in [2.45, 2.75) is 46.8 Å². The molecule has 0 heterocycles. The Morgan fingerprint density at radius 2 is 1.90 bits per heavy atom. The van der Waals surface area contributed by atoms with Crippen LogP contribution in [0, 0.1) is 6.92 Å². The number of aliphatic imine (C=N–C) groups is 1. The summed E-state index contributed by atoms with van der Waals surface area (Å²) in [6, 6.07) is 13.9. The van der Waals surface area contributed by atoms with Crippen LogP contribution in [0.15, 0.2) is 47.5 Å². The number of aryl methyl sites for hydroxylation is 1. The first-order valence-corrected chi connectivity index (χ1v) is 10.5. The normalized spacial score (nSPS) is 11.0. The second-order valence-electron chi connectivity index (χ2n) is 7.43. The number of amides is 1. The molecule has 0 aromatic heterocycles. The lowest BCUT2D eigenvalue weighted by Gasteiger charge is -2.15. The second kappa shape index (κ2) is 13.9. The van der Waals surface area contributed by atoms with E-state index in [1.165, 1.54) is 5.56 Å². The summed E-state index contributed by atoms with van der Waals surface area (Å²) >= 11 is 0. The molecule has 0 saturated carbocycles. The maximum absolute atomic E-state index is 11.8. The van der Waals surface area contributed by atoms with Crippen LogP contribution >= 0.6 is 24.0 Å². The number of halogens is 1. The van der Waals surface area contributed by atoms with E-state index < -0.39 is 0 Å². The first-order chi connectivity index (χ1) is 14.4. The summed E-state index contributed by atoms with van der Waals surface area (Å²) in [5.41, 5.74) is 4.01. The molecular weight excluding hydrogens is 503 g/mol. The Labute approximate surface area is 203 Å². The Kier molecular flexibility index (Phi) is 12.0. The number of guanidine groups is 1. The molecule has 2 aromatic rings. The molecule has 31 heavy (non-hydrogen) atoms. The van der Waals surface area contributed by atoms with Gasteiger partial charge in [-0.2, -0.15) is 0 Å². The molecule has 0 spiro atoms. The topological polar surface area (TPSA) is 74.8 Å². The molecule has 0 unspecified atom stereocenters. The lowest BCUT2D eigenvalue weighted by atomic mass is 10.1. The molecule has 3 N–H and O–H groups in total. The van der Waals surface area contributed by atoms with Crippen molar-refractivity contribution in [3.05, 3.63) is 64.7 Å². The first kappa shape index (κ1) is 26.7. The van der Waals surface area contributed by atoms with Crippen molar-refractivity contribution in [2.75, 3.05) is 20.1 Å². The van der Waals surface area contributed by atoms with Crippen molar-refractivity contribution in [3.8, 4) is 5.75 Å². The van der Waals surface area contributed by atoms with E-state index in [0.29, 0.717) is 18.7 Å². The Morgan fingerprint density at radius 3 is 2.58 bits per heavy atom. The van der Waals surface area contributed by atoms with Gasteiger partial charge in [0.25, 0.3) is 5.91 Å². The predicted octanol–water partition coefficient (Wildman–Crippen LogP) is 4.06. The van der Waals surface area contributed by atoms with Gasteiger partial charge in [-0.3, -0.25) is 4.79 Å². The molecule has 6 nitrogen and oxygen atoms in total. The summed E-state index contributed by atoms with van der Waals surface area (Å²) < 4.78 is 5.95. The fraction of sp³-hybridized carbons (Fsp3) is 0.417. The molecule has 0 atom stereocenters. The Balaban J connectivity index is 0.00000480. The van der Waals surface area contributed by atoms with Crippen molar-refractivity contribution in [1.82, 2.24) is 16.0 Å². The van der Waals surface area contributed by atoms with Crippen molar-refractivity contribution in [1.29, 1.82) is 0 Å². The van der Waals surface area contributed by atoms with Gasteiger partial charge in [-0.15, -0.1) is 24.0 Å². The quantitative estimate of drug-likeness (QED) is 0.256. The highest BCUT2D eigenvalue weighted by Gasteiger charge is 2.07. The third-order valence-corrected chi connectivity index (χ3v) is 4.46. The fourth-order valence-corrected chi connectivity index (χ4v) is 3.00. The fourth-order valence-electron chi connectivity index (χ4n) is 3.00. The third kappa shape index (κ3) is 9.16. The summed E-state index contributed by atoms with van der Waals surface area (Å²) in [6.45, 7) is 10.2. The summed E-state index contributed by atoms with van der Waals surface area (Å²) in [5, 5.41) is 9.31. The molecule has 0 aliphatic rings. The molecule has 0 aliphatic carbocycles. The predicted molar refractivity (Wildman–Crippen MR) is 139 cm³/mol. The van der Waals surface area contributed by atoms with Crippen LogP contribution in [0.2, 0.25) is 0 Å². The van der Waals surface area contributed by atoms with Crippen LogP contribution in [0.25, 0.3) is 0 Å². The van der Waals surface area contributed by atoms with Crippen LogP contribution < -0.4 is 20.7 Å². The highest BCUT2D eigenvalue weighted by atomic mass is 127. The van der Waals surface area contributed by atoms with Crippen LogP contribution in [0.4, 0.5) is 0 Å². The van der Waals surface area contributed by atoms with Crippen molar-refractivity contribution in [3.63, 3.8) is 0 Å². The number of nitrogens with one attached hydrogen (secondary N) is 3. The van der Waals surface area contributed by atoms with Crippen LogP contribution in [-0.4, -0.2) is 38.1 Å². The molecule has 7 heteroatoms. The Hall–Kier alpha value is -2.29. The molecule has 170 valence electrons. The van der Waals surface area contributed by atoms with Crippen LogP contribution in [0.1, 0.15) is 47.8 Å². The molecular formula is C24H35IN4O2. The van der Waals surface area contributed by atoms with Gasteiger partial charge in [0.1, 0.15) is 5.75 Å². The van der Waals surface area contributed by atoms with E-state index in [1.807, 2.05) is 45.0 Å². The van der Waals surface area contributed by atoms with Gasteiger partial charge < -0.3 is 20.7 Å². The number of hydrogen-bond donors (Lipinski definition) is 3. The number of nitrogens with zero attached hydrogens (tertiary/aromatic N) is 1. The van der Waals surface area contributed by atoms with Gasteiger partial charge >= 0.3 is 0 Å². The van der Waals surface area contributed by atoms with Crippen LogP contribution in [0.5, 0.6) is 5.75 Å². The van der Waals surface area contributed by atoms with E-state index in [1.54, 1.807) is 7.05 Å². The lowest BCUT2D eigenvalue weighted by Crippen LogP contribution is -2.38. The monoisotopic (exact) mass is 538 g/mol. The number of carbonyl (C=O) groups excluding carboxylic acids is 1. The van der Waals surface area contributed by atoms with E-state index in [2.05, 4.69) is 41.1 Å². The number of carbonyl (C=O) groups is 1. The van der Waals surface area contributed by atoms with Gasteiger partial charge in [-0.05, 0) is 63.4 Å². The zero-order valence-corrected chi connectivity index (χ0v) is 21.4. The zero-order valence-electron chi connectivity index (χ0n) is 19.1. The van der Waals surface area contributed by atoms with Gasteiger partial charge in [0, 0.05) is 31.3 Å². The molecule has 0 bridgehead atoms. The van der Waals surface area contributed by atoms with Crippen molar-refractivity contribution in [2.24, 2.45) is 4.99 Å². The molecule has 0 saturated heterocycles. The van der Waals surface area contributed by atoms with E-state index >= 15 is 0 Å². The van der Waals surface area contributed by atoms with Gasteiger partial charge in [-0.25, -0.2) is 4.99 Å². The first-order valence-electron chi connectivity index (χ1n) is 10.5. The third-order valence-electron chi connectivity index (χ3n) is 4.46. The minimum atomic E-state index is -0.0720. The minimum Gasteiger partial charge on any atom is -0.491 e. The van der Waals surface area contributed by atoms with Gasteiger partial charge in [0.2, 0.25) is 0 Å². The number of rotatable bonds is 9. The maximum atomic E-state index is 11.8. The van der Waals surface area contributed by atoms with Crippen LogP contribution in [-0.2, 0) is 13.0 Å². The number of hydrogen-bond acceptors (Lipinski definition) is 3. The molecule has 0 aliphatic heterocycles. The molecule has 1 amide bonds. The zero-order chi connectivity index (χ0) is 21.9. The van der Waals surface area contributed by atoms with Gasteiger partial charge in [-0.1, -0.05) is 24.3 Å². The molecule has 0 fully saturated rings. The largest absolute Gasteiger partial charge is 0.491 e. The summed E-state index contributed by atoms with van der Waals surface area (Å²) in [4.78, 5) is 16.5. The lowest BCUT2D eigenvalue weighted by molar-refractivity contribution is 0.0963. The van der Waals surface area contributed by atoms with E-state index in [-0.39, 0.29) is 36.0 Å². The summed E-state index contributed by atoms with van der Waals surface area (Å²) in [7, 11) is 1.64. The standard InChI is InChI=1S/C24H34N4O2.HI/c1-6-26-24(27-13-12-19-8-7-9-20(15-19)23(29)25-5)28-16-21-11-10-18(4)14-22(21)30-17(2)3;/h7-11,14-15,17H,6,12-13,16H2,1-5H3,(H,25,29)(H2,26,27,28);1H. The average Bonchev–Trinajstić information content (AvgIpc) is 2.72. The average molecular weight is 538 g/mol. The van der Waals surface area contributed by atoms with Gasteiger partial charge in [0.05, 0.1) is 12.6 Å².